The number of anilines is 1. The van der Waals surface area contributed by atoms with Gasteiger partial charge in [-0.25, -0.2) is 8.42 Å². The molecule has 0 fully saturated rings. The molecule has 0 aliphatic heterocycles. The molecule has 0 saturated carbocycles. The van der Waals surface area contributed by atoms with E-state index in [0.29, 0.717) is 0 Å². The second kappa shape index (κ2) is 5.54. The van der Waals surface area contributed by atoms with Crippen molar-refractivity contribution in [2.24, 2.45) is 0 Å². The van der Waals surface area contributed by atoms with Crippen LogP contribution in [-0.4, -0.2) is 25.4 Å². The molecule has 8 heteroatoms. The van der Waals surface area contributed by atoms with Crippen LogP contribution in [-0.2, 0) is 14.6 Å². The van der Waals surface area contributed by atoms with Gasteiger partial charge in [0, 0.05) is 0 Å². The van der Waals surface area contributed by atoms with E-state index < -0.39 is 26.4 Å². The lowest BCUT2D eigenvalue weighted by atomic mass is 10.3. The third-order valence-electron chi connectivity index (χ3n) is 1.82. The van der Waals surface area contributed by atoms with Crippen LogP contribution in [0.2, 0.25) is 0 Å². The molecule has 0 aliphatic rings. The Morgan fingerprint density at radius 3 is 2.47 bits per heavy atom. The monoisotopic (exact) mass is 327 g/mol. The molecule has 0 atom stereocenters. The average molecular weight is 328 g/mol. The lowest BCUT2D eigenvalue weighted by Gasteiger charge is -2.10. The number of hydrogen-bond acceptors (Lipinski definition) is 3. The molecule has 1 N–H and O–H groups in total. The fourth-order valence-electron chi connectivity index (χ4n) is 1.10. The third-order valence-corrected chi connectivity index (χ3v) is 3.77. The molecule has 1 amide bonds. The maximum Gasteiger partial charge on any atom is 0.341 e. The first-order valence-electron chi connectivity index (χ1n) is 4.36. The molecule has 1 rings (SSSR count). The maximum atomic E-state index is 12.4. The summed E-state index contributed by atoms with van der Waals surface area (Å²) in [6.45, 7) is 0. The molecule has 0 bridgehead atoms. The van der Waals surface area contributed by atoms with Crippen LogP contribution in [0.1, 0.15) is 0 Å². The van der Waals surface area contributed by atoms with Crippen LogP contribution in [0.4, 0.5) is 14.5 Å². The highest BCUT2D eigenvalue weighted by molar-refractivity contribution is 9.09. The zero-order valence-corrected chi connectivity index (χ0v) is 10.8. The number of benzene rings is 1. The number of carbonyl (C=O) groups is 1. The van der Waals surface area contributed by atoms with Crippen molar-refractivity contribution in [3.8, 4) is 0 Å². The molecule has 4 nitrogen and oxygen atoms in total. The SMILES string of the molecule is O=C(CBr)Nc1ccccc1S(=O)(=O)C(F)F. The summed E-state index contributed by atoms with van der Waals surface area (Å²) in [5, 5.41) is 2.16. The van der Waals surface area contributed by atoms with Crippen molar-refractivity contribution in [3.63, 3.8) is 0 Å². The Balaban J connectivity index is 3.22. The van der Waals surface area contributed by atoms with Crippen molar-refractivity contribution in [2.45, 2.75) is 10.7 Å². The zero-order valence-electron chi connectivity index (χ0n) is 8.36. The predicted molar refractivity (Wildman–Crippen MR) is 62.1 cm³/mol. The minimum absolute atomic E-state index is 0.0595. The van der Waals surface area contributed by atoms with Gasteiger partial charge in [0.25, 0.3) is 0 Å². The zero-order chi connectivity index (χ0) is 13.1. The summed E-state index contributed by atoms with van der Waals surface area (Å²) < 4.78 is 47.4. The highest BCUT2D eigenvalue weighted by atomic mass is 79.9. The van der Waals surface area contributed by atoms with E-state index in [4.69, 9.17) is 0 Å². The second-order valence-electron chi connectivity index (χ2n) is 2.98. The number of para-hydroxylation sites is 1. The quantitative estimate of drug-likeness (QED) is 0.860. The van der Waals surface area contributed by atoms with Gasteiger partial charge in [0.1, 0.15) is 0 Å². The Morgan fingerprint density at radius 2 is 1.94 bits per heavy atom. The van der Waals surface area contributed by atoms with Crippen molar-refractivity contribution < 1.29 is 22.0 Å². The smallest absolute Gasteiger partial charge is 0.324 e. The van der Waals surface area contributed by atoms with Gasteiger partial charge >= 0.3 is 5.76 Å². The number of sulfone groups is 1. The van der Waals surface area contributed by atoms with E-state index >= 15 is 0 Å². The minimum Gasteiger partial charge on any atom is -0.324 e. The molecule has 0 radical (unpaired) electrons. The summed E-state index contributed by atoms with van der Waals surface area (Å²) in [5.41, 5.74) is -0.155. The predicted octanol–water partition coefficient (Wildman–Crippen LogP) is 2.02. The molecule has 0 unspecified atom stereocenters. The van der Waals surface area contributed by atoms with Gasteiger partial charge < -0.3 is 5.32 Å². The van der Waals surface area contributed by atoms with Crippen LogP contribution >= 0.6 is 15.9 Å². The van der Waals surface area contributed by atoms with Crippen molar-refractivity contribution in [1.82, 2.24) is 0 Å². The van der Waals surface area contributed by atoms with E-state index in [0.717, 1.165) is 6.07 Å². The van der Waals surface area contributed by atoms with Crippen LogP contribution in [0.5, 0.6) is 0 Å². The Kier molecular flexibility index (Phi) is 4.58. The van der Waals surface area contributed by atoms with Gasteiger partial charge in [0.05, 0.1) is 15.9 Å². The van der Waals surface area contributed by atoms with E-state index in [-0.39, 0.29) is 11.0 Å². The van der Waals surface area contributed by atoms with Gasteiger partial charge in [-0.3, -0.25) is 4.79 Å². The van der Waals surface area contributed by atoms with Crippen LogP contribution < -0.4 is 5.32 Å². The molecule has 94 valence electrons. The largest absolute Gasteiger partial charge is 0.341 e. The standard InChI is InChI=1S/C9H8BrF2NO3S/c10-5-8(14)13-6-3-1-2-4-7(6)17(15,16)9(11)12/h1-4,9H,5H2,(H,13,14). The number of nitrogens with one attached hydrogen (secondary N) is 1. The molecule has 0 saturated heterocycles. The van der Waals surface area contributed by atoms with Crippen LogP contribution in [0.3, 0.4) is 0 Å². The van der Waals surface area contributed by atoms with Gasteiger partial charge in [0.2, 0.25) is 15.7 Å². The van der Waals surface area contributed by atoms with Gasteiger partial charge in [-0.2, -0.15) is 8.78 Å². The first-order valence-corrected chi connectivity index (χ1v) is 7.03. The van der Waals surface area contributed by atoms with Crippen LogP contribution in [0.25, 0.3) is 0 Å². The molecular weight excluding hydrogens is 320 g/mol. The summed E-state index contributed by atoms with van der Waals surface area (Å²) in [6.07, 6.45) is 0. The summed E-state index contributed by atoms with van der Waals surface area (Å²) in [6, 6.07) is 5.01. The van der Waals surface area contributed by atoms with Gasteiger partial charge in [0.15, 0.2) is 0 Å². The average Bonchev–Trinajstić information content (AvgIpc) is 2.29. The van der Waals surface area contributed by atoms with Gasteiger partial charge in [-0.05, 0) is 12.1 Å². The third kappa shape index (κ3) is 3.22. The molecule has 0 aromatic heterocycles. The van der Waals surface area contributed by atoms with Gasteiger partial charge in [-0.15, -0.1) is 0 Å². The minimum atomic E-state index is -4.72. The maximum absolute atomic E-state index is 12.4. The fraction of sp³-hybridized carbons (Fsp3) is 0.222. The normalized spacial score (nSPS) is 11.5. The van der Waals surface area contributed by atoms with Crippen LogP contribution in [0, 0.1) is 0 Å². The number of rotatable bonds is 4. The Bertz CT molecular complexity index is 519. The summed E-state index contributed by atoms with van der Waals surface area (Å²) in [4.78, 5) is 10.5. The van der Waals surface area contributed by atoms with E-state index in [1.807, 2.05) is 0 Å². The lowest BCUT2D eigenvalue weighted by molar-refractivity contribution is -0.113. The van der Waals surface area contributed by atoms with E-state index in [1.165, 1.54) is 18.2 Å². The van der Waals surface area contributed by atoms with Gasteiger partial charge in [-0.1, -0.05) is 28.1 Å². The van der Waals surface area contributed by atoms with Crippen molar-refractivity contribution in [3.05, 3.63) is 24.3 Å². The molecular formula is C9H8BrF2NO3S. The highest BCUT2D eigenvalue weighted by Crippen LogP contribution is 2.25. The molecule has 0 aliphatic carbocycles. The fourth-order valence-corrected chi connectivity index (χ4v) is 2.12. The Morgan fingerprint density at radius 1 is 1.35 bits per heavy atom. The summed E-state index contributed by atoms with van der Waals surface area (Å²) in [7, 11) is -4.72. The highest BCUT2D eigenvalue weighted by Gasteiger charge is 2.29. The first-order chi connectivity index (χ1) is 7.89. The second-order valence-corrected chi connectivity index (χ2v) is 5.43. The van der Waals surface area contributed by atoms with E-state index in [1.54, 1.807) is 0 Å². The van der Waals surface area contributed by atoms with Crippen molar-refractivity contribution in [1.29, 1.82) is 0 Å². The van der Waals surface area contributed by atoms with Crippen molar-refractivity contribution >= 4 is 37.4 Å². The lowest BCUT2D eigenvalue weighted by Crippen LogP contribution is -2.18. The molecule has 1 aromatic carbocycles. The first kappa shape index (κ1) is 14.0. The molecule has 1 aromatic rings. The number of amides is 1. The Hall–Kier alpha value is -1.02. The molecule has 17 heavy (non-hydrogen) atoms. The number of halogens is 3. The van der Waals surface area contributed by atoms with E-state index in [2.05, 4.69) is 21.2 Å². The summed E-state index contributed by atoms with van der Waals surface area (Å²) >= 11 is 2.87. The van der Waals surface area contributed by atoms with E-state index in [9.17, 15) is 22.0 Å². The van der Waals surface area contributed by atoms with Crippen molar-refractivity contribution in [2.75, 3.05) is 10.6 Å². The van der Waals surface area contributed by atoms with Crippen LogP contribution in [0.15, 0.2) is 29.2 Å². The Labute approximate surface area is 105 Å². The molecule has 0 spiro atoms. The number of alkyl halides is 3. The number of carbonyl (C=O) groups excluding carboxylic acids is 1. The topological polar surface area (TPSA) is 63.2 Å². The molecule has 0 heterocycles. The number of hydrogen-bond donors (Lipinski definition) is 1. The summed E-state index contributed by atoms with van der Waals surface area (Å²) in [5.74, 6) is -4.05.